The van der Waals surface area contributed by atoms with E-state index in [0.717, 1.165) is 29.7 Å². The van der Waals surface area contributed by atoms with Crippen LogP contribution in [0, 0.1) is 17.1 Å². The number of halogens is 2. The Bertz CT molecular complexity index is 852. The molecule has 1 aromatic carbocycles. The molecule has 1 aromatic heterocycles. The third-order valence-corrected chi connectivity index (χ3v) is 4.94. The molecule has 0 amide bonds. The molecule has 5 nitrogen and oxygen atoms in total. The van der Waals surface area contributed by atoms with Gasteiger partial charge in [-0.3, -0.25) is 0 Å². The summed E-state index contributed by atoms with van der Waals surface area (Å²) < 4.78 is 19.2. The molecule has 0 bridgehead atoms. The maximum absolute atomic E-state index is 13.3. The summed E-state index contributed by atoms with van der Waals surface area (Å²) in [5.74, 6) is 0.194. The molecular weight excluding hydrogens is 355 g/mol. The van der Waals surface area contributed by atoms with Crippen molar-refractivity contribution in [3.8, 4) is 6.07 Å². The van der Waals surface area contributed by atoms with Crippen LogP contribution >= 0.6 is 11.6 Å². The van der Waals surface area contributed by atoms with E-state index in [4.69, 9.17) is 16.3 Å². The number of morpholine rings is 1. The minimum Gasteiger partial charge on any atom is -0.370 e. The number of aromatic nitrogens is 2. The van der Waals surface area contributed by atoms with Gasteiger partial charge in [0.1, 0.15) is 23.6 Å². The van der Waals surface area contributed by atoms with Crippen molar-refractivity contribution in [3.05, 3.63) is 51.4 Å². The summed E-state index contributed by atoms with van der Waals surface area (Å²) in [6.07, 6.45) is 1.15. The van der Waals surface area contributed by atoms with Gasteiger partial charge in [-0.25, -0.2) is 4.39 Å². The van der Waals surface area contributed by atoms with Crippen LogP contribution < -0.4 is 4.90 Å². The second kappa shape index (κ2) is 7.98. The average Bonchev–Trinajstić information content (AvgIpc) is 2.66. The molecule has 136 valence electrons. The third-order valence-electron chi connectivity index (χ3n) is 4.61. The minimum absolute atomic E-state index is 0.318. The van der Waals surface area contributed by atoms with Crippen LogP contribution in [0.25, 0.3) is 0 Å². The number of anilines is 1. The van der Waals surface area contributed by atoms with Crippen LogP contribution in [-0.4, -0.2) is 29.9 Å². The Hall–Kier alpha value is -2.23. The zero-order valence-corrected chi connectivity index (χ0v) is 15.6. The molecule has 2 heterocycles. The monoisotopic (exact) mass is 374 g/mol. The highest BCUT2D eigenvalue weighted by molar-refractivity contribution is 6.31. The predicted octanol–water partition coefficient (Wildman–Crippen LogP) is 3.84. The minimum atomic E-state index is -0.383. The van der Waals surface area contributed by atoms with Gasteiger partial charge < -0.3 is 9.64 Å². The molecule has 1 fully saturated rings. The molecule has 0 radical (unpaired) electrons. The maximum atomic E-state index is 13.3. The van der Waals surface area contributed by atoms with Gasteiger partial charge in [-0.1, -0.05) is 31.5 Å². The van der Waals surface area contributed by atoms with E-state index in [1.165, 1.54) is 12.1 Å². The van der Waals surface area contributed by atoms with Gasteiger partial charge in [0, 0.05) is 17.1 Å². The van der Waals surface area contributed by atoms with Crippen LogP contribution in [0.4, 0.5) is 10.2 Å². The molecule has 0 N–H and O–H groups in total. The van der Waals surface area contributed by atoms with Crippen molar-refractivity contribution in [1.29, 1.82) is 5.26 Å². The maximum Gasteiger partial charge on any atom is 0.169 e. The Morgan fingerprint density at radius 3 is 2.81 bits per heavy atom. The van der Waals surface area contributed by atoms with E-state index >= 15 is 0 Å². The lowest BCUT2D eigenvalue weighted by Crippen LogP contribution is -2.39. The first-order valence-electron chi connectivity index (χ1n) is 8.69. The Morgan fingerprint density at radius 2 is 2.15 bits per heavy atom. The third kappa shape index (κ3) is 3.50. The zero-order valence-electron chi connectivity index (χ0n) is 14.8. The molecule has 26 heavy (non-hydrogen) atoms. The van der Waals surface area contributed by atoms with E-state index < -0.39 is 0 Å². The van der Waals surface area contributed by atoms with Crippen LogP contribution in [0.2, 0.25) is 5.02 Å². The van der Waals surface area contributed by atoms with Crippen LogP contribution in [0.5, 0.6) is 0 Å². The zero-order chi connectivity index (χ0) is 18.7. The summed E-state index contributed by atoms with van der Waals surface area (Å²) in [6, 6.07) is 6.59. The smallest absolute Gasteiger partial charge is 0.169 e. The number of rotatable bonds is 4. The topological polar surface area (TPSA) is 62.0 Å². The first-order chi connectivity index (χ1) is 12.6. The fourth-order valence-electron chi connectivity index (χ4n) is 3.29. The van der Waals surface area contributed by atoms with Crippen molar-refractivity contribution in [2.24, 2.45) is 0 Å². The van der Waals surface area contributed by atoms with Gasteiger partial charge in [0.15, 0.2) is 5.82 Å². The number of nitrogens with zero attached hydrogens (tertiary/aromatic N) is 4. The highest BCUT2D eigenvalue weighted by Crippen LogP contribution is 2.32. The molecule has 1 atom stereocenters. The Balaban J connectivity index is 1.94. The fraction of sp³-hybridized carbons (Fsp3) is 0.421. The molecule has 2 aromatic rings. The van der Waals surface area contributed by atoms with E-state index in [2.05, 4.69) is 16.3 Å². The summed E-state index contributed by atoms with van der Waals surface area (Å²) in [7, 11) is 0. The molecule has 1 saturated heterocycles. The number of nitriles is 1. The normalized spacial score (nSPS) is 17.2. The van der Waals surface area contributed by atoms with Crippen LogP contribution in [0.3, 0.4) is 0 Å². The van der Waals surface area contributed by atoms with E-state index in [9.17, 15) is 9.65 Å². The standard InChI is InChI=1S/C19H20ClFN4O/c1-3-13-15(10-22)19(24-23-17(13)4-2)25-7-8-26-18(11-25)14-6-5-12(21)9-16(14)20/h5-6,9,18H,3-4,7-8,11H2,1-2H3. The van der Waals surface area contributed by atoms with Crippen molar-refractivity contribution in [1.82, 2.24) is 10.2 Å². The van der Waals surface area contributed by atoms with E-state index in [0.29, 0.717) is 36.1 Å². The number of benzene rings is 1. The van der Waals surface area contributed by atoms with Gasteiger partial charge in [0.2, 0.25) is 0 Å². The molecule has 1 unspecified atom stereocenters. The fourth-order valence-corrected chi connectivity index (χ4v) is 3.58. The van der Waals surface area contributed by atoms with Crippen molar-refractivity contribution in [3.63, 3.8) is 0 Å². The number of hydrogen-bond donors (Lipinski definition) is 0. The summed E-state index contributed by atoms with van der Waals surface area (Å²) in [4.78, 5) is 2.00. The second-order valence-corrected chi connectivity index (χ2v) is 6.52. The van der Waals surface area contributed by atoms with Gasteiger partial charge in [-0.2, -0.15) is 10.4 Å². The van der Waals surface area contributed by atoms with Gasteiger partial charge in [-0.15, -0.1) is 5.10 Å². The van der Waals surface area contributed by atoms with Gasteiger partial charge in [-0.05, 0) is 30.5 Å². The predicted molar refractivity (Wildman–Crippen MR) is 97.8 cm³/mol. The first-order valence-corrected chi connectivity index (χ1v) is 9.06. The summed E-state index contributed by atoms with van der Waals surface area (Å²) in [5.41, 5.74) is 3.11. The van der Waals surface area contributed by atoms with Crippen LogP contribution in [-0.2, 0) is 17.6 Å². The number of ether oxygens (including phenoxy) is 1. The molecule has 0 saturated carbocycles. The molecule has 0 aliphatic carbocycles. The molecule has 3 rings (SSSR count). The Labute approximate surface area is 157 Å². The summed E-state index contributed by atoms with van der Waals surface area (Å²) in [5, 5.41) is 18.7. The average molecular weight is 375 g/mol. The summed E-state index contributed by atoms with van der Waals surface area (Å²) in [6.45, 7) is 5.56. The van der Waals surface area contributed by atoms with Crippen molar-refractivity contribution < 1.29 is 9.13 Å². The molecule has 7 heteroatoms. The van der Waals surface area contributed by atoms with E-state index in [1.54, 1.807) is 6.07 Å². The molecular formula is C19H20ClFN4O. The van der Waals surface area contributed by atoms with Crippen LogP contribution in [0.1, 0.15) is 42.3 Å². The van der Waals surface area contributed by atoms with Gasteiger partial charge >= 0.3 is 0 Å². The summed E-state index contributed by atoms with van der Waals surface area (Å²) >= 11 is 6.18. The Kier molecular flexibility index (Phi) is 5.70. The van der Waals surface area contributed by atoms with Crippen molar-refractivity contribution in [2.75, 3.05) is 24.6 Å². The lowest BCUT2D eigenvalue weighted by molar-refractivity contribution is 0.0394. The second-order valence-electron chi connectivity index (χ2n) is 6.11. The largest absolute Gasteiger partial charge is 0.370 e. The lowest BCUT2D eigenvalue weighted by atomic mass is 10.0. The first kappa shape index (κ1) is 18.6. The van der Waals surface area contributed by atoms with Crippen molar-refractivity contribution in [2.45, 2.75) is 32.8 Å². The quantitative estimate of drug-likeness (QED) is 0.813. The highest BCUT2D eigenvalue weighted by Gasteiger charge is 2.28. The molecule has 0 spiro atoms. The Morgan fingerprint density at radius 1 is 1.35 bits per heavy atom. The highest BCUT2D eigenvalue weighted by atomic mass is 35.5. The molecule has 1 aliphatic heterocycles. The molecule has 1 aliphatic rings. The van der Waals surface area contributed by atoms with E-state index in [-0.39, 0.29) is 11.9 Å². The number of hydrogen-bond acceptors (Lipinski definition) is 5. The van der Waals surface area contributed by atoms with Gasteiger partial charge in [0.25, 0.3) is 0 Å². The van der Waals surface area contributed by atoms with Gasteiger partial charge in [0.05, 0.1) is 18.8 Å². The lowest BCUT2D eigenvalue weighted by Gasteiger charge is -2.34. The van der Waals surface area contributed by atoms with Crippen LogP contribution in [0.15, 0.2) is 18.2 Å². The number of aryl methyl sites for hydroxylation is 1. The SMILES string of the molecule is CCc1nnc(N2CCOC(c3ccc(F)cc3Cl)C2)c(C#N)c1CC. The van der Waals surface area contributed by atoms with Crippen molar-refractivity contribution >= 4 is 17.4 Å². The van der Waals surface area contributed by atoms with E-state index in [1.807, 2.05) is 18.7 Å².